The first-order valence-electron chi connectivity index (χ1n) is 8.47. The normalized spacial score (nSPS) is 20.9. The number of piperidine rings is 1. The monoisotopic (exact) mass is 334 g/mol. The molecule has 0 bridgehead atoms. The summed E-state index contributed by atoms with van der Waals surface area (Å²) in [6, 6.07) is 13.7. The van der Waals surface area contributed by atoms with Crippen molar-refractivity contribution in [3.8, 4) is 6.07 Å². The zero-order valence-electron chi connectivity index (χ0n) is 13.8. The molecular weight excluding hydrogens is 316 g/mol. The number of fused-ring (bicyclic) bond motifs is 2. The van der Waals surface area contributed by atoms with Crippen molar-refractivity contribution in [3.05, 3.63) is 63.8 Å². The molecular formula is C19H18N4O2. The van der Waals surface area contributed by atoms with Gasteiger partial charge in [0.1, 0.15) is 5.82 Å². The largest absolute Gasteiger partial charge is 0.356 e. The number of hydrogen-bond acceptors (Lipinski definition) is 5. The lowest BCUT2D eigenvalue weighted by molar-refractivity contribution is -0.384. The Morgan fingerprint density at radius 1 is 1.28 bits per heavy atom. The predicted octanol–water partition coefficient (Wildman–Crippen LogP) is 3.54. The van der Waals surface area contributed by atoms with Crippen molar-refractivity contribution in [2.45, 2.75) is 30.6 Å². The minimum absolute atomic E-state index is 0.0290. The van der Waals surface area contributed by atoms with Crippen molar-refractivity contribution in [3.63, 3.8) is 0 Å². The van der Waals surface area contributed by atoms with Crippen LogP contribution in [0.5, 0.6) is 0 Å². The van der Waals surface area contributed by atoms with Crippen LogP contribution < -0.4 is 4.90 Å². The zero-order valence-corrected chi connectivity index (χ0v) is 13.8. The van der Waals surface area contributed by atoms with E-state index in [1.54, 1.807) is 6.07 Å². The Kier molecular flexibility index (Phi) is 3.65. The lowest BCUT2D eigenvalue weighted by Crippen LogP contribution is -2.42. The summed E-state index contributed by atoms with van der Waals surface area (Å²) in [5, 5.41) is 20.5. The number of nitriles is 1. The number of rotatable bonds is 2. The van der Waals surface area contributed by atoms with E-state index in [0.29, 0.717) is 5.82 Å². The Labute approximate surface area is 145 Å². The summed E-state index contributed by atoms with van der Waals surface area (Å²) >= 11 is 0. The second-order valence-electron chi connectivity index (χ2n) is 6.87. The molecule has 2 aliphatic rings. The van der Waals surface area contributed by atoms with E-state index in [0.717, 1.165) is 32.4 Å². The molecule has 1 aromatic heterocycles. The molecule has 1 aliphatic heterocycles. The van der Waals surface area contributed by atoms with Gasteiger partial charge in [0.05, 0.1) is 23.0 Å². The first-order valence-corrected chi connectivity index (χ1v) is 8.47. The smallest absolute Gasteiger partial charge is 0.274 e. The van der Waals surface area contributed by atoms with Crippen LogP contribution in [0.1, 0.15) is 36.3 Å². The second-order valence-corrected chi connectivity index (χ2v) is 6.87. The summed E-state index contributed by atoms with van der Waals surface area (Å²) in [5.74, 6) is 0.630. The maximum Gasteiger partial charge on any atom is 0.274 e. The lowest BCUT2D eigenvalue weighted by Gasteiger charge is -2.40. The molecule has 2 aromatic rings. The van der Waals surface area contributed by atoms with Crippen molar-refractivity contribution in [2.75, 3.05) is 18.0 Å². The molecule has 1 aliphatic carbocycles. The van der Waals surface area contributed by atoms with Gasteiger partial charge in [0.2, 0.25) is 0 Å². The molecule has 1 spiro atoms. The molecule has 6 heteroatoms. The van der Waals surface area contributed by atoms with Gasteiger partial charge < -0.3 is 4.90 Å². The van der Waals surface area contributed by atoms with Gasteiger partial charge in [-0.15, -0.1) is 0 Å². The predicted molar refractivity (Wildman–Crippen MR) is 93.4 cm³/mol. The third-order valence-electron chi connectivity index (χ3n) is 5.64. The lowest BCUT2D eigenvalue weighted by atomic mass is 9.73. The van der Waals surface area contributed by atoms with Gasteiger partial charge >= 0.3 is 0 Å². The highest BCUT2D eigenvalue weighted by Gasteiger charge is 2.45. The molecule has 0 radical (unpaired) electrons. The van der Waals surface area contributed by atoms with E-state index in [-0.39, 0.29) is 21.9 Å². The van der Waals surface area contributed by atoms with Gasteiger partial charge in [0.25, 0.3) is 5.69 Å². The number of aromatic nitrogens is 1. The minimum atomic E-state index is -0.388. The number of hydrogen-bond donors (Lipinski definition) is 0. The fourth-order valence-corrected chi connectivity index (χ4v) is 4.34. The average molecular weight is 334 g/mol. The molecule has 1 fully saturated rings. The highest BCUT2D eigenvalue weighted by molar-refractivity contribution is 5.50. The number of nitro groups is 1. The van der Waals surface area contributed by atoms with Gasteiger partial charge in [-0.2, -0.15) is 5.26 Å². The highest BCUT2D eigenvalue weighted by Crippen LogP contribution is 2.51. The SMILES string of the molecule is N#C[C@H]1CC2(CCN(c3cc([N+](=O)[O-])ccn3)CC2)c2ccccc21. The van der Waals surface area contributed by atoms with Gasteiger partial charge in [-0.1, -0.05) is 24.3 Å². The molecule has 2 heterocycles. The first-order chi connectivity index (χ1) is 12.1. The van der Waals surface area contributed by atoms with Crippen LogP contribution in [0, 0.1) is 21.4 Å². The molecule has 25 heavy (non-hydrogen) atoms. The Morgan fingerprint density at radius 3 is 2.76 bits per heavy atom. The van der Waals surface area contributed by atoms with Crippen LogP contribution in [-0.2, 0) is 5.41 Å². The van der Waals surface area contributed by atoms with Crippen molar-refractivity contribution in [2.24, 2.45) is 0 Å². The Bertz CT molecular complexity index is 866. The molecule has 0 saturated carbocycles. The quantitative estimate of drug-likeness (QED) is 0.619. The van der Waals surface area contributed by atoms with Crippen LogP contribution in [0.3, 0.4) is 0 Å². The van der Waals surface area contributed by atoms with E-state index in [2.05, 4.69) is 34.2 Å². The number of anilines is 1. The third kappa shape index (κ3) is 2.52. The summed E-state index contributed by atoms with van der Waals surface area (Å²) in [4.78, 5) is 17.0. The van der Waals surface area contributed by atoms with Gasteiger partial charge in [-0.25, -0.2) is 4.98 Å². The molecule has 126 valence electrons. The molecule has 0 N–H and O–H groups in total. The second kappa shape index (κ2) is 5.85. The first kappa shape index (κ1) is 15.6. The third-order valence-corrected chi connectivity index (χ3v) is 5.64. The Morgan fingerprint density at radius 2 is 2.04 bits per heavy atom. The molecule has 4 rings (SSSR count). The van der Waals surface area contributed by atoms with Gasteiger partial charge in [-0.05, 0) is 30.4 Å². The zero-order chi connectivity index (χ0) is 17.4. The Hall–Kier alpha value is -2.94. The fraction of sp³-hybridized carbons (Fsp3) is 0.368. The van der Waals surface area contributed by atoms with E-state index in [1.165, 1.54) is 23.4 Å². The van der Waals surface area contributed by atoms with Crippen molar-refractivity contribution in [1.82, 2.24) is 4.98 Å². The minimum Gasteiger partial charge on any atom is -0.356 e. The van der Waals surface area contributed by atoms with Crippen molar-refractivity contribution < 1.29 is 4.92 Å². The van der Waals surface area contributed by atoms with Crippen LogP contribution in [0.15, 0.2) is 42.6 Å². The van der Waals surface area contributed by atoms with E-state index < -0.39 is 0 Å². The van der Waals surface area contributed by atoms with E-state index >= 15 is 0 Å². The molecule has 1 aromatic carbocycles. The summed E-state index contributed by atoms with van der Waals surface area (Å²) < 4.78 is 0. The van der Waals surface area contributed by atoms with E-state index in [4.69, 9.17) is 0 Å². The molecule has 0 amide bonds. The molecule has 1 saturated heterocycles. The molecule has 0 unspecified atom stereocenters. The highest BCUT2D eigenvalue weighted by atomic mass is 16.6. The van der Waals surface area contributed by atoms with Crippen LogP contribution in [0.4, 0.5) is 11.5 Å². The van der Waals surface area contributed by atoms with Crippen molar-refractivity contribution in [1.29, 1.82) is 5.26 Å². The van der Waals surface area contributed by atoms with E-state index in [1.807, 2.05) is 6.07 Å². The molecule has 1 atom stereocenters. The number of nitrogens with zero attached hydrogens (tertiary/aromatic N) is 4. The standard InChI is InChI=1S/C19H18N4O2/c20-13-14-12-19(17-4-2-1-3-16(14)17)6-9-22(10-7-19)18-11-15(23(24)25)5-8-21-18/h1-5,8,11,14H,6-7,9-10,12H2/t14-/m1/s1. The topological polar surface area (TPSA) is 83.1 Å². The van der Waals surface area contributed by atoms with Crippen LogP contribution in [0.2, 0.25) is 0 Å². The van der Waals surface area contributed by atoms with Crippen LogP contribution in [0.25, 0.3) is 0 Å². The van der Waals surface area contributed by atoms with Crippen molar-refractivity contribution >= 4 is 11.5 Å². The fourth-order valence-electron chi connectivity index (χ4n) is 4.34. The summed E-state index contributed by atoms with van der Waals surface area (Å²) in [6.07, 6.45) is 4.24. The van der Waals surface area contributed by atoms with Gasteiger partial charge in [0.15, 0.2) is 0 Å². The number of benzene rings is 1. The maximum absolute atomic E-state index is 11.0. The van der Waals surface area contributed by atoms with Crippen LogP contribution in [-0.4, -0.2) is 23.0 Å². The van der Waals surface area contributed by atoms with Crippen LogP contribution >= 0.6 is 0 Å². The Balaban J connectivity index is 1.57. The summed E-state index contributed by atoms with van der Waals surface area (Å²) in [7, 11) is 0. The van der Waals surface area contributed by atoms with Gasteiger partial charge in [0, 0.05) is 30.8 Å². The van der Waals surface area contributed by atoms with E-state index in [9.17, 15) is 15.4 Å². The van der Waals surface area contributed by atoms with Gasteiger partial charge in [-0.3, -0.25) is 10.1 Å². The number of pyridine rings is 1. The summed E-state index contributed by atoms with van der Waals surface area (Å²) in [6.45, 7) is 1.58. The molecule has 6 nitrogen and oxygen atoms in total. The summed E-state index contributed by atoms with van der Waals surface area (Å²) in [5.41, 5.74) is 2.61. The maximum atomic E-state index is 11.0. The average Bonchev–Trinajstić information content (AvgIpc) is 2.96.